The number of benzene rings is 1. The molecule has 0 saturated heterocycles. The van der Waals surface area contributed by atoms with Gasteiger partial charge in [-0.1, -0.05) is 6.07 Å². The molecule has 1 aromatic rings. The molecule has 3 nitrogen and oxygen atoms in total. The van der Waals surface area contributed by atoms with Gasteiger partial charge >= 0.3 is 5.97 Å². The van der Waals surface area contributed by atoms with Gasteiger partial charge in [0.05, 0.1) is 7.11 Å². The first-order valence-corrected chi connectivity index (χ1v) is 3.55. The van der Waals surface area contributed by atoms with Crippen molar-refractivity contribution in [1.29, 1.82) is 0 Å². The summed E-state index contributed by atoms with van der Waals surface area (Å²) in [5, 5.41) is 0. The first-order valence-electron chi connectivity index (χ1n) is 3.55. The standard InChI is InChI=1S/C6H4O.C3H6O2/c1-2-5-4-6(3-1)7-5;1-3(4)5-2/h1-4H;1-2H3. The minimum atomic E-state index is -0.245. The van der Waals surface area contributed by atoms with Crippen LogP contribution < -0.4 is 4.74 Å². The average molecular weight is 166 g/mol. The first kappa shape index (κ1) is 8.59. The summed E-state index contributed by atoms with van der Waals surface area (Å²) < 4.78 is 9.12. The molecular weight excluding hydrogens is 156 g/mol. The summed E-state index contributed by atoms with van der Waals surface area (Å²) in [5.41, 5.74) is 0. The van der Waals surface area contributed by atoms with Gasteiger partial charge in [0.1, 0.15) is 11.5 Å². The number of rotatable bonds is 0. The van der Waals surface area contributed by atoms with Gasteiger partial charge in [0.2, 0.25) is 0 Å². The van der Waals surface area contributed by atoms with Crippen LogP contribution in [0.2, 0.25) is 0 Å². The summed E-state index contributed by atoms with van der Waals surface area (Å²) in [7, 11) is 1.35. The van der Waals surface area contributed by atoms with Crippen molar-refractivity contribution in [3.8, 4) is 11.5 Å². The van der Waals surface area contributed by atoms with Crippen LogP contribution in [-0.2, 0) is 9.53 Å². The van der Waals surface area contributed by atoms with Crippen LogP contribution in [0, 0.1) is 0 Å². The molecule has 3 heteroatoms. The molecule has 12 heavy (non-hydrogen) atoms. The zero-order chi connectivity index (χ0) is 8.97. The van der Waals surface area contributed by atoms with Gasteiger partial charge in [0.15, 0.2) is 0 Å². The Morgan fingerprint density at radius 2 is 1.83 bits per heavy atom. The molecule has 0 unspecified atom stereocenters. The molecule has 1 aromatic carbocycles. The van der Waals surface area contributed by atoms with Gasteiger partial charge in [0, 0.05) is 13.0 Å². The highest BCUT2D eigenvalue weighted by molar-refractivity contribution is 5.65. The molecule has 0 N–H and O–H groups in total. The maximum atomic E-state index is 9.59. The minimum absolute atomic E-state index is 0.245. The summed E-state index contributed by atoms with van der Waals surface area (Å²) in [5.74, 6) is 1.72. The van der Waals surface area contributed by atoms with E-state index in [1.54, 1.807) is 0 Å². The van der Waals surface area contributed by atoms with Crippen LogP contribution in [0.1, 0.15) is 6.92 Å². The summed E-state index contributed by atoms with van der Waals surface area (Å²) in [4.78, 5) is 9.59. The number of fused-ring (bicyclic) bond motifs is 2. The average Bonchev–Trinajstić information content (AvgIpc) is 2.06. The number of ether oxygens (including phenoxy) is 2. The molecule has 2 heterocycles. The highest BCUT2D eigenvalue weighted by atomic mass is 16.5. The zero-order valence-corrected chi connectivity index (χ0v) is 7.03. The molecule has 64 valence electrons. The van der Waals surface area contributed by atoms with Crippen molar-refractivity contribution in [2.24, 2.45) is 0 Å². The lowest BCUT2D eigenvalue weighted by Gasteiger charge is -2.13. The third kappa shape index (κ3) is 2.27. The second-order valence-corrected chi connectivity index (χ2v) is 2.27. The van der Waals surface area contributed by atoms with Crippen molar-refractivity contribution in [3.63, 3.8) is 0 Å². The van der Waals surface area contributed by atoms with Gasteiger partial charge in [-0.25, -0.2) is 0 Å². The van der Waals surface area contributed by atoms with Crippen molar-refractivity contribution in [3.05, 3.63) is 24.3 Å². The van der Waals surface area contributed by atoms with Crippen LogP contribution in [0.3, 0.4) is 0 Å². The molecule has 0 amide bonds. The van der Waals surface area contributed by atoms with Gasteiger partial charge in [-0.15, -0.1) is 0 Å². The predicted octanol–water partition coefficient (Wildman–Crippen LogP) is 1.97. The minimum Gasteiger partial charge on any atom is -0.469 e. The number of esters is 1. The fourth-order valence-electron chi connectivity index (χ4n) is 0.679. The van der Waals surface area contributed by atoms with Gasteiger partial charge in [-0.3, -0.25) is 4.79 Å². The molecule has 0 fully saturated rings. The smallest absolute Gasteiger partial charge is 0.302 e. The molecule has 0 aliphatic carbocycles. The Morgan fingerprint density at radius 1 is 1.42 bits per heavy atom. The second-order valence-electron chi connectivity index (χ2n) is 2.27. The van der Waals surface area contributed by atoms with E-state index in [-0.39, 0.29) is 5.97 Å². The van der Waals surface area contributed by atoms with E-state index in [1.165, 1.54) is 14.0 Å². The normalized spacial score (nSPS) is 9.83. The molecule has 2 aliphatic rings. The van der Waals surface area contributed by atoms with Crippen molar-refractivity contribution in [1.82, 2.24) is 0 Å². The third-order valence-corrected chi connectivity index (χ3v) is 1.33. The molecule has 0 atom stereocenters. The maximum Gasteiger partial charge on any atom is 0.302 e. The Hall–Kier alpha value is -1.51. The monoisotopic (exact) mass is 166 g/mol. The van der Waals surface area contributed by atoms with E-state index in [0.717, 1.165) is 11.5 Å². The highest BCUT2D eigenvalue weighted by Crippen LogP contribution is 2.32. The van der Waals surface area contributed by atoms with Crippen molar-refractivity contribution in [2.75, 3.05) is 7.11 Å². The lowest BCUT2D eigenvalue weighted by atomic mass is 10.2. The second kappa shape index (κ2) is 3.76. The van der Waals surface area contributed by atoms with Crippen LogP contribution in [0.25, 0.3) is 0 Å². The number of carbonyl (C=O) groups is 1. The fourth-order valence-corrected chi connectivity index (χ4v) is 0.679. The number of methoxy groups -OCH3 is 1. The largest absolute Gasteiger partial charge is 0.469 e. The summed E-state index contributed by atoms with van der Waals surface area (Å²) in [6.45, 7) is 1.36. The number of carbonyl (C=O) groups excluding carboxylic acids is 1. The molecule has 0 radical (unpaired) electrons. The van der Waals surface area contributed by atoms with E-state index in [0.29, 0.717) is 0 Å². The number of hydrogen-bond acceptors (Lipinski definition) is 3. The lowest BCUT2D eigenvalue weighted by molar-refractivity contribution is -0.137. The van der Waals surface area contributed by atoms with Gasteiger partial charge < -0.3 is 9.47 Å². The molecule has 2 aliphatic heterocycles. The van der Waals surface area contributed by atoms with Crippen LogP contribution >= 0.6 is 0 Å². The van der Waals surface area contributed by atoms with E-state index in [9.17, 15) is 4.79 Å². The lowest BCUT2D eigenvalue weighted by Crippen LogP contribution is -1.91. The Morgan fingerprint density at radius 3 is 1.92 bits per heavy atom. The third-order valence-electron chi connectivity index (χ3n) is 1.33. The Labute approximate surface area is 70.9 Å². The summed E-state index contributed by atoms with van der Waals surface area (Å²) >= 11 is 0. The molecule has 0 aromatic heterocycles. The topological polar surface area (TPSA) is 35.5 Å². The van der Waals surface area contributed by atoms with E-state index >= 15 is 0 Å². The zero-order valence-electron chi connectivity index (χ0n) is 7.03. The first-order chi connectivity index (χ1) is 5.72. The molecule has 3 rings (SSSR count). The van der Waals surface area contributed by atoms with Gasteiger partial charge in [-0.2, -0.15) is 0 Å². The van der Waals surface area contributed by atoms with Crippen molar-refractivity contribution in [2.45, 2.75) is 6.92 Å². The summed E-state index contributed by atoms with van der Waals surface area (Å²) in [6.07, 6.45) is 0. The molecule has 0 spiro atoms. The SMILES string of the molecule is COC(C)=O.c1cc2cc(c1)O2. The van der Waals surface area contributed by atoms with Crippen LogP contribution in [0.5, 0.6) is 11.5 Å². The fraction of sp³-hybridized carbons (Fsp3) is 0.222. The maximum absolute atomic E-state index is 9.59. The Kier molecular flexibility index (Phi) is 2.69. The van der Waals surface area contributed by atoms with Crippen molar-refractivity contribution < 1.29 is 14.3 Å². The van der Waals surface area contributed by atoms with Gasteiger partial charge in [-0.05, 0) is 12.1 Å². The molecule has 0 saturated carbocycles. The van der Waals surface area contributed by atoms with E-state index < -0.39 is 0 Å². The van der Waals surface area contributed by atoms with E-state index in [2.05, 4.69) is 4.74 Å². The van der Waals surface area contributed by atoms with Crippen LogP contribution in [0.4, 0.5) is 0 Å². The Balaban J connectivity index is 0.000000130. The quantitative estimate of drug-likeness (QED) is 0.561. The van der Waals surface area contributed by atoms with E-state index in [4.69, 9.17) is 4.74 Å². The summed E-state index contributed by atoms with van der Waals surface area (Å²) in [6, 6.07) is 7.86. The van der Waals surface area contributed by atoms with Gasteiger partial charge in [0.25, 0.3) is 0 Å². The Bertz CT molecular complexity index is 256. The number of hydrogen-bond donors (Lipinski definition) is 0. The molecular formula is C9H10O3. The van der Waals surface area contributed by atoms with Crippen molar-refractivity contribution >= 4 is 5.97 Å². The highest BCUT2D eigenvalue weighted by Gasteiger charge is 2.05. The van der Waals surface area contributed by atoms with Crippen LogP contribution in [0.15, 0.2) is 24.3 Å². The molecule has 2 bridgehead atoms. The van der Waals surface area contributed by atoms with E-state index in [1.807, 2.05) is 24.3 Å². The van der Waals surface area contributed by atoms with Crippen LogP contribution in [-0.4, -0.2) is 13.1 Å². The predicted molar refractivity (Wildman–Crippen MR) is 44.2 cm³/mol.